The number of aryl methyl sites for hydroxylation is 2. The zero-order valence-corrected chi connectivity index (χ0v) is 18.7. The molecule has 0 aliphatic heterocycles. The van der Waals surface area contributed by atoms with Crippen LogP contribution in [0.25, 0.3) is 11.1 Å². The summed E-state index contributed by atoms with van der Waals surface area (Å²) in [7, 11) is 3.26. The quantitative estimate of drug-likeness (QED) is 0.561. The maximum atomic E-state index is 12.0. The van der Waals surface area contributed by atoms with Gasteiger partial charge in [0.2, 0.25) is 0 Å². The summed E-state index contributed by atoms with van der Waals surface area (Å²) in [6.07, 6.45) is 1.70. The van der Waals surface area contributed by atoms with Crippen molar-refractivity contribution in [3.8, 4) is 16.9 Å². The Morgan fingerprint density at radius 1 is 1.17 bits per heavy atom. The molecule has 1 aliphatic rings. The first-order valence-corrected chi connectivity index (χ1v) is 8.20. The Morgan fingerprint density at radius 3 is 2.54 bits per heavy atom. The molecule has 0 N–H and O–H groups in total. The van der Waals surface area contributed by atoms with Crippen LogP contribution in [0.3, 0.4) is 0 Å². The minimum atomic E-state index is -0.478. The van der Waals surface area contributed by atoms with Crippen molar-refractivity contribution in [1.29, 1.82) is 0 Å². The van der Waals surface area contributed by atoms with Gasteiger partial charge in [-0.3, -0.25) is 9.54 Å². The smallest absolute Gasteiger partial charge is 0.870 e. The number of hydrogen-bond acceptors (Lipinski definition) is 3. The molecule has 0 amide bonds. The predicted octanol–water partition coefficient (Wildman–Crippen LogP) is 1.03. The average Bonchev–Trinajstić information content (AvgIpc) is 2.75. The second-order valence-corrected chi connectivity index (χ2v) is 6.49. The van der Waals surface area contributed by atoms with Gasteiger partial charge in [-0.2, -0.15) is 0 Å². The molecule has 1 unspecified atom stereocenters. The average molecular weight is 363 g/mol. The van der Waals surface area contributed by atoms with E-state index in [1.165, 1.54) is 34.4 Å². The first-order valence-electron chi connectivity index (χ1n) is 7.76. The maximum Gasteiger partial charge on any atom is 1.00 e. The predicted molar refractivity (Wildman–Crippen MR) is 93.6 cm³/mol. The number of hydrogen-bond donors (Lipinski definition) is 0. The van der Waals surface area contributed by atoms with Crippen LogP contribution in [0, 0.1) is 20.8 Å². The standard InChI is InChI=1S/C19H20NO2P.K/c1-10-8-13-4-6-16(20-23)15-9-18(22)17(21)7-5-14(15)19(13)12(3)11(10)2;/h5,7-9,16,23H,4,6H2,1-3H3,(H,21,22);/q;+1/p-1. The van der Waals surface area contributed by atoms with Crippen molar-refractivity contribution in [1.82, 2.24) is 0 Å². The van der Waals surface area contributed by atoms with E-state index in [2.05, 4.69) is 40.6 Å². The van der Waals surface area contributed by atoms with Gasteiger partial charge in [-0.05, 0) is 87.7 Å². The minimum Gasteiger partial charge on any atom is -0.870 e. The molecule has 24 heavy (non-hydrogen) atoms. The summed E-state index contributed by atoms with van der Waals surface area (Å²) in [5, 5.41) is 11.8. The topological polar surface area (TPSA) is 52.5 Å². The maximum absolute atomic E-state index is 12.0. The molecule has 3 nitrogen and oxygen atoms in total. The van der Waals surface area contributed by atoms with Gasteiger partial charge in [0.15, 0.2) is 5.43 Å². The van der Waals surface area contributed by atoms with Crippen LogP contribution in [0.4, 0.5) is 0 Å². The van der Waals surface area contributed by atoms with Gasteiger partial charge in [-0.1, -0.05) is 23.9 Å². The SMILES string of the molecule is Cc1cc2c(c(C)c1C)-c1ccc([O-])c(=O)cc1C(N=P)CC2.[K+]. The summed E-state index contributed by atoms with van der Waals surface area (Å²) in [5.74, 6) is -0.478. The Hall–Kier alpha value is -0.354. The molecule has 0 saturated heterocycles. The van der Waals surface area contributed by atoms with Gasteiger partial charge in [0.1, 0.15) is 0 Å². The van der Waals surface area contributed by atoms with Crippen LogP contribution in [-0.2, 0) is 6.42 Å². The van der Waals surface area contributed by atoms with E-state index in [1.54, 1.807) is 6.07 Å². The van der Waals surface area contributed by atoms with Crippen LogP contribution in [0.2, 0.25) is 0 Å². The van der Waals surface area contributed by atoms with E-state index in [1.807, 2.05) is 0 Å². The van der Waals surface area contributed by atoms with Crippen LogP contribution < -0.4 is 61.9 Å². The second-order valence-electron chi connectivity index (χ2n) is 6.24. The first kappa shape index (κ1) is 20.0. The van der Waals surface area contributed by atoms with Gasteiger partial charge in [-0.15, -0.1) is 0 Å². The Morgan fingerprint density at radius 2 is 1.88 bits per heavy atom. The molecule has 2 aromatic carbocycles. The Kier molecular flexibility index (Phi) is 6.57. The van der Waals surface area contributed by atoms with E-state index in [9.17, 15) is 9.90 Å². The molecule has 0 heterocycles. The molecule has 0 saturated carbocycles. The number of rotatable bonds is 1. The third-order valence-electron chi connectivity index (χ3n) is 4.95. The van der Waals surface area contributed by atoms with Crippen LogP contribution >= 0.6 is 9.03 Å². The van der Waals surface area contributed by atoms with Crippen molar-refractivity contribution in [2.75, 3.05) is 0 Å². The summed E-state index contributed by atoms with van der Waals surface area (Å²) in [4.78, 5) is 12.0. The molecule has 5 heteroatoms. The molecule has 0 fully saturated rings. The van der Waals surface area contributed by atoms with Crippen LogP contribution in [0.5, 0.6) is 5.75 Å². The Balaban J connectivity index is 0.00000208. The summed E-state index contributed by atoms with van der Waals surface area (Å²) in [5.41, 5.74) is 7.44. The van der Waals surface area contributed by atoms with Crippen LogP contribution in [0.1, 0.15) is 40.3 Å². The van der Waals surface area contributed by atoms with E-state index >= 15 is 0 Å². The summed E-state index contributed by atoms with van der Waals surface area (Å²) >= 11 is 0. The van der Waals surface area contributed by atoms with Crippen molar-refractivity contribution in [3.05, 3.63) is 62.3 Å². The molecule has 3 rings (SSSR count). The van der Waals surface area contributed by atoms with Gasteiger partial charge in [0, 0.05) is 0 Å². The zero-order valence-electron chi connectivity index (χ0n) is 14.6. The molecule has 1 aliphatic carbocycles. The second kappa shape index (κ2) is 7.90. The Bertz CT molecular complexity index is 880. The molecule has 2 aromatic rings. The van der Waals surface area contributed by atoms with Crippen molar-refractivity contribution >= 4 is 9.03 Å². The molecule has 118 valence electrons. The van der Waals surface area contributed by atoms with E-state index in [0.29, 0.717) is 0 Å². The van der Waals surface area contributed by atoms with E-state index in [4.69, 9.17) is 0 Å². The van der Waals surface area contributed by atoms with Gasteiger partial charge >= 0.3 is 51.4 Å². The third-order valence-corrected chi connectivity index (χ3v) is 5.27. The fourth-order valence-corrected chi connectivity index (χ4v) is 3.72. The first-order chi connectivity index (χ1) is 10.9. The van der Waals surface area contributed by atoms with Crippen molar-refractivity contribution < 1.29 is 56.5 Å². The molecular weight excluding hydrogens is 344 g/mol. The molecule has 1 atom stereocenters. The van der Waals surface area contributed by atoms with Crippen molar-refractivity contribution in [2.45, 2.75) is 39.7 Å². The molecule has 0 aromatic heterocycles. The van der Waals surface area contributed by atoms with E-state index < -0.39 is 11.2 Å². The third kappa shape index (κ3) is 3.46. The van der Waals surface area contributed by atoms with Gasteiger partial charge in [-0.25, -0.2) is 0 Å². The molecule has 0 radical (unpaired) electrons. The van der Waals surface area contributed by atoms with Gasteiger partial charge < -0.3 is 5.11 Å². The Labute approximate surface area is 187 Å². The minimum absolute atomic E-state index is 0. The van der Waals surface area contributed by atoms with E-state index in [0.717, 1.165) is 29.5 Å². The monoisotopic (exact) mass is 363 g/mol. The molecule has 0 spiro atoms. The van der Waals surface area contributed by atoms with Gasteiger partial charge in [0.05, 0.1) is 6.04 Å². The largest absolute Gasteiger partial charge is 1.00 e. The normalized spacial score (nSPS) is 15.5. The van der Waals surface area contributed by atoms with Gasteiger partial charge in [0.25, 0.3) is 0 Å². The van der Waals surface area contributed by atoms with Crippen LogP contribution in [0.15, 0.2) is 33.8 Å². The fraction of sp³-hybridized carbons (Fsp3) is 0.316. The number of nitrogens with zero attached hydrogens (tertiary/aromatic N) is 1. The van der Waals surface area contributed by atoms with Crippen molar-refractivity contribution in [3.63, 3.8) is 0 Å². The number of fused-ring (bicyclic) bond motifs is 3. The number of benzene rings is 1. The molecule has 0 bridgehead atoms. The van der Waals surface area contributed by atoms with Crippen LogP contribution in [-0.4, -0.2) is 0 Å². The summed E-state index contributed by atoms with van der Waals surface area (Å²) < 4.78 is 4.27. The molecular formula is C19H19KNO2P. The summed E-state index contributed by atoms with van der Waals surface area (Å²) in [6.45, 7) is 6.35. The fourth-order valence-electron chi connectivity index (χ4n) is 3.45. The van der Waals surface area contributed by atoms with Crippen molar-refractivity contribution in [2.24, 2.45) is 4.74 Å². The zero-order chi connectivity index (χ0) is 16.7. The van der Waals surface area contributed by atoms with E-state index in [-0.39, 0.29) is 57.4 Å². The summed E-state index contributed by atoms with van der Waals surface area (Å²) in [6, 6.07) is 6.73.